The van der Waals surface area contributed by atoms with E-state index in [1.807, 2.05) is 11.8 Å². The van der Waals surface area contributed by atoms with Crippen molar-refractivity contribution in [2.75, 3.05) is 12.0 Å². The highest BCUT2D eigenvalue weighted by Crippen LogP contribution is 2.44. The Morgan fingerprint density at radius 1 is 1.35 bits per heavy atom. The normalized spacial score (nSPS) is 26.1. The molecule has 110 valence electrons. The van der Waals surface area contributed by atoms with Gasteiger partial charge in [-0.2, -0.15) is 11.8 Å². The molecule has 20 heavy (non-hydrogen) atoms. The standard InChI is InChI=1S/C13H19N3O2S2/c1-19-10-5-4-9(6-10)16-12(8-2-3-8)14-15-13(16)20-7-11(17)18/h8-10H,2-7H2,1H3,(H,17,18). The second-order valence-corrected chi connectivity index (χ2v) is 7.57. The first-order valence-corrected chi connectivity index (χ1v) is 9.28. The molecule has 0 spiro atoms. The number of carbonyl (C=O) groups is 1. The number of nitrogens with zero attached hydrogens (tertiary/aromatic N) is 3. The van der Waals surface area contributed by atoms with E-state index in [9.17, 15) is 4.79 Å². The summed E-state index contributed by atoms with van der Waals surface area (Å²) in [5.74, 6) is 0.896. The minimum absolute atomic E-state index is 0.0570. The molecule has 2 saturated carbocycles. The number of thioether (sulfide) groups is 2. The molecule has 1 aromatic heterocycles. The molecule has 7 heteroatoms. The van der Waals surface area contributed by atoms with Crippen LogP contribution in [0.5, 0.6) is 0 Å². The molecule has 0 bridgehead atoms. The molecule has 0 radical (unpaired) electrons. The van der Waals surface area contributed by atoms with E-state index in [0.29, 0.717) is 17.2 Å². The maximum Gasteiger partial charge on any atom is 0.313 e. The molecule has 0 aromatic carbocycles. The first kappa shape index (κ1) is 14.3. The molecule has 2 aliphatic carbocycles. The third-order valence-electron chi connectivity index (χ3n) is 4.01. The third-order valence-corrected chi connectivity index (χ3v) is 6.04. The molecule has 2 atom stereocenters. The van der Waals surface area contributed by atoms with Gasteiger partial charge in [0, 0.05) is 17.2 Å². The van der Waals surface area contributed by atoms with Crippen molar-refractivity contribution in [3.63, 3.8) is 0 Å². The fourth-order valence-corrected chi connectivity index (χ4v) is 4.36. The maximum absolute atomic E-state index is 10.8. The van der Waals surface area contributed by atoms with E-state index in [1.165, 1.54) is 31.0 Å². The summed E-state index contributed by atoms with van der Waals surface area (Å²) in [6.45, 7) is 0. The monoisotopic (exact) mass is 313 g/mol. The van der Waals surface area contributed by atoms with Gasteiger partial charge in [0.05, 0.1) is 5.75 Å². The van der Waals surface area contributed by atoms with Crippen LogP contribution in [0.1, 0.15) is 49.9 Å². The summed E-state index contributed by atoms with van der Waals surface area (Å²) in [5.41, 5.74) is 0. The molecule has 5 nitrogen and oxygen atoms in total. The van der Waals surface area contributed by atoms with Crippen LogP contribution in [0, 0.1) is 0 Å². The van der Waals surface area contributed by atoms with Gasteiger partial charge in [0.25, 0.3) is 0 Å². The largest absolute Gasteiger partial charge is 0.481 e. The molecule has 0 saturated heterocycles. The lowest BCUT2D eigenvalue weighted by atomic mass is 10.2. The highest BCUT2D eigenvalue weighted by molar-refractivity contribution is 7.99. The van der Waals surface area contributed by atoms with Crippen LogP contribution in [-0.4, -0.2) is 43.1 Å². The van der Waals surface area contributed by atoms with Crippen molar-refractivity contribution in [3.05, 3.63) is 5.82 Å². The Morgan fingerprint density at radius 3 is 2.75 bits per heavy atom. The van der Waals surface area contributed by atoms with Crippen LogP contribution in [0.4, 0.5) is 0 Å². The van der Waals surface area contributed by atoms with E-state index in [-0.39, 0.29) is 5.75 Å². The zero-order chi connectivity index (χ0) is 14.1. The van der Waals surface area contributed by atoms with E-state index in [4.69, 9.17) is 5.11 Å². The Balaban J connectivity index is 1.82. The van der Waals surface area contributed by atoms with Gasteiger partial charge in [-0.3, -0.25) is 4.79 Å². The summed E-state index contributed by atoms with van der Waals surface area (Å²) in [5, 5.41) is 19.0. The van der Waals surface area contributed by atoms with Crippen LogP contribution in [0.2, 0.25) is 0 Å². The molecule has 0 aliphatic heterocycles. The van der Waals surface area contributed by atoms with Gasteiger partial charge in [0.2, 0.25) is 0 Å². The van der Waals surface area contributed by atoms with Crippen molar-refractivity contribution in [1.82, 2.24) is 14.8 Å². The first-order valence-electron chi connectivity index (χ1n) is 7.01. The van der Waals surface area contributed by atoms with Crippen LogP contribution >= 0.6 is 23.5 Å². The topological polar surface area (TPSA) is 68.0 Å². The molecule has 1 heterocycles. The smallest absolute Gasteiger partial charge is 0.313 e. The van der Waals surface area contributed by atoms with Gasteiger partial charge in [-0.05, 0) is 38.4 Å². The van der Waals surface area contributed by atoms with Crippen LogP contribution in [0.15, 0.2) is 5.16 Å². The highest BCUT2D eigenvalue weighted by Gasteiger charge is 2.35. The van der Waals surface area contributed by atoms with Gasteiger partial charge < -0.3 is 9.67 Å². The average molecular weight is 313 g/mol. The number of carboxylic acids is 1. The Bertz CT molecular complexity index is 502. The van der Waals surface area contributed by atoms with E-state index >= 15 is 0 Å². The molecular weight excluding hydrogens is 294 g/mol. The number of aliphatic carboxylic acids is 1. The predicted molar refractivity (Wildman–Crippen MR) is 80.5 cm³/mol. The summed E-state index contributed by atoms with van der Waals surface area (Å²) in [6.07, 6.45) is 8.10. The third kappa shape index (κ3) is 2.98. The van der Waals surface area contributed by atoms with Crippen molar-refractivity contribution in [3.8, 4) is 0 Å². The molecule has 3 rings (SSSR count). The number of aromatic nitrogens is 3. The minimum atomic E-state index is -0.800. The van der Waals surface area contributed by atoms with Gasteiger partial charge in [-0.15, -0.1) is 10.2 Å². The molecule has 2 fully saturated rings. The highest BCUT2D eigenvalue weighted by atomic mass is 32.2. The Labute approximate surface area is 126 Å². The van der Waals surface area contributed by atoms with Gasteiger partial charge in [-0.1, -0.05) is 11.8 Å². The molecular formula is C13H19N3O2S2. The fraction of sp³-hybridized carbons (Fsp3) is 0.769. The van der Waals surface area contributed by atoms with Gasteiger partial charge in [0.15, 0.2) is 5.16 Å². The molecule has 1 aromatic rings. The maximum atomic E-state index is 10.8. The second kappa shape index (κ2) is 5.97. The van der Waals surface area contributed by atoms with Gasteiger partial charge >= 0.3 is 5.97 Å². The van der Waals surface area contributed by atoms with Crippen LogP contribution in [-0.2, 0) is 4.79 Å². The van der Waals surface area contributed by atoms with E-state index < -0.39 is 5.97 Å². The van der Waals surface area contributed by atoms with Crippen molar-refractivity contribution in [1.29, 1.82) is 0 Å². The Morgan fingerprint density at radius 2 is 2.15 bits per heavy atom. The first-order chi connectivity index (χ1) is 9.69. The SMILES string of the molecule is CSC1CCC(n2c(SCC(=O)O)nnc2C2CC2)C1. The fourth-order valence-electron chi connectivity index (χ4n) is 2.84. The number of hydrogen-bond acceptors (Lipinski definition) is 5. The van der Waals surface area contributed by atoms with Crippen molar-refractivity contribution < 1.29 is 9.90 Å². The zero-order valence-electron chi connectivity index (χ0n) is 11.5. The van der Waals surface area contributed by atoms with Crippen LogP contribution in [0.3, 0.4) is 0 Å². The van der Waals surface area contributed by atoms with E-state index in [0.717, 1.165) is 23.8 Å². The molecule has 2 aliphatic rings. The average Bonchev–Trinajstić information content (AvgIpc) is 3.02. The lowest BCUT2D eigenvalue weighted by Gasteiger charge is -2.17. The van der Waals surface area contributed by atoms with Crippen molar-refractivity contribution in [2.45, 2.75) is 54.5 Å². The van der Waals surface area contributed by atoms with Crippen molar-refractivity contribution in [2.24, 2.45) is 0 Å². The lowest BCUT2D eigenvalue weighted by Crippen LogP contribution is -2.12. The van der Waals surface area contributed by atoms with Crippen LogP contribution < -0.4 is 0 Å². The summed E-state index contributed by atoms with van der Waals surface area (Å²) in [4.78, 5) is 10.8. The second-order valence-electron chi connectivity index (χ2n) is 5.49. The molecule has 1 N–H and O–H groups in total. The number of rotatable bonds is 6. The zero-order valence-corrected chi connectivity index (χ0v) is 13.1. The minimum Gasteiger partial charge on any atom is -0.481 e. The number of hydrogen-bond donors (Lipinski definition) is 1. The summed E-state index contributed by atoms with van der Waals surface area (Å²) < 4.78 is 2.25. The van der Waals surface area contributed by atoms with E-state index in [2.05, 4.69) is 21.0 Å². The summed E-state index contributed by atoms with van der Waals surface area (Å²) in [6, 6.07) is 0.453. The number of carboxylic acid groups (broad SMARTS) is 1. The quantitative estimate of drug-likeness (QED) is 0.815. The van der Waals surface area contributed by atoms with Gasteiger partial charge in [-0.25, -0.2) is 0 Å². The molecule has 0 amide bonds. The predicted octanol–water partition coefficient (Wildman–Crippen LogP) is 2.79. The van der Waals surface area contributed by atoms with Crippen molar-refractivity contribution >= 4 is 29.5 Å². The molecule has 2 unspecified atom stereocenters. The van der Waals surface area contributed by atoms with E-state index in [1.54, 1.807) is 0 Å². The summed E-state index contributed by atoms with van der Waals surface area (Å²) >= 11 is 3.23. The summed E-state index contributed by atoms with van der Waals surface area (Å²) in [7, 11) is 0. The van der Waals surface area contributed by atoms with Gasteiger partial charge in [0.1, 0.15) is 5.82 Å². The van der Waals surface area contributed by atoms with Crippen LogP contribution in [0.25, 0.3) is 0 Å². The Kier molecular flexibility index (Phi) is 4.26. The lowest BCUT2D eigenvalue weighted by molar-refractivity contribution is -0.133. The Hall–Kier alpha value is -0.690.